The van der Waals surface area contributed by atoms with E-state index in [4.69, 9.17) is 9.84 Å². The third kappa shape index (κ3) is 7.45. The lowest BCUT2D eigenvalue weighted by Gasteiger charge is -2.19. The number of likely N-dealkylation sites (N-methyl/N-ethyl adjacent to an activating group) is 1. The van der Waals surface area contributed by atoms with Crippen LogP contribution in [0, 0.1) is 0 Å². The molecule has 4 aromatic carbocycles. The fraction of sp³-hybridized carbons (Fsp3) is 0.182. The van der Waals surface area contributed by atoms with E-state index in [0.29, 0.717) is 13.2 Å². The van der Waals surface area contributed by atoms with Gasteiger partial charge in [0.25, 0.3) is 0 Å². The predicted octanol–water partition coefficient (Wildman–Crippen LogP) is 6.31. The molecule has 0 atom stereocenters. The molecule has 1 amide bonds. The molecule has 0 aliphatic rings. The largest absolute Gasteiger partial charge is 0.488 e. The molecule has 0 aliphatic heterocycles. The summed E-state index contributed by atoms with van der Waals surface area (Å²) in [7, 11) is 1.83. The molecule has 192 valence electrons. The highest BCUT2D eigenvalue weighted by Crippen LogP contribution is 2.31. The summed E-state index contributed by atoms with van der Waals surface area (Å²) in [5.41, 5.74) is 6.91. The summed E-state index contributed by atoms with van der Waals surface area (Å²) in [5, 5.41) is 10.8. The third-order valence-electron chi connectivity index (χ3n) is 6.29. The summed E-state index contributed by atoms with van der Waals surface area (Å²) in [5.74, 6) is -0.159. The molecule has 0 saturated heterocycles. The summed E-state index contributed by atoms with van der Waals surface area (Å²) in [4.78, 5) is 25.8. The number of carboxylic acid groups (broad SMARTS) is 1. The molecular weight excluding hydrogens is 474 g/mol. The normalized spacial score (nSPS) is 10.4. The lowest BCUT2D eigenvalue weighted by atomic mass is 9.97. The number of hydrogen-bond donors (Lipinski definition) is 1. The second-order valence-corrected chi connectivity index (χ2v) is 9.15. The molecule has 0 aliphatic carbocycles. The average molecular weight is 506 g/mol. The highest BCUT2D eigenvalue weighted by molar-refractivity contribution is 5.95. The molecule has 4 aromatic rings. The van der Waals surface area contributed by atoms with Crippen LogP contribution >= 0.6 is 0 Å². The van der Waals surface area contributed by atoms with Gasteiger partial charge in [0.15, 0.2) is 0 Å². The quantitative estimate of drug-likeness (QED) is 0.243. The molecule has 5 nitrogen and oxygen atoms in total. The van der Waals surface area contributed by atoms with Gasteiger partial charge in [0, 0.05) is 19.0 Å². The van der Waals surface area contributed by atoms with Crippen molar-refractivity contribution < 1.29 is 19.4 Å². The summed E-state index contributed by atoms with van der Waals surface area (Å²) >= 11 is 0. The van der Waals surface area contributed by atoms with E-state index < -0.39 is 5.97 Å². The van der Waals surface area contributed by atoms with Crippen molar-refractivity contribution >= 4 is 28.7 Å². The zero-order valence-corrected chi connectivity index (χ0v) is 21.5. The van der Waals surface area contributed by atoms with Crippen LogP contribution in [0.25, 0.3) is 16.8 Å². The van der Waals surface area contributed by atoms with Gasteiger partial charge in [0.1, 0.15) is 12.4 Å². The van der Waals surface area contributed by atoms with E-state index in [1.807, 2.05) is 85.9 Å². The van der Waals surface area contributed by atoms with E-state index in [-0.39, 0.29) is 18.7 Å². The van der Waals surface area contributed by atoms with E-state index in [0.717, 1.165) is 39.6 Å². The van der Waals surface area contributed by atoms with Crippen molar-refractivity contribution in [1.29, 1.82) is 0 Å². The summed E-state index contributed by atoms with van der Waals surface area (Å²) < 4.78 is 6.20. The van der Waals surface area contributed by atoms with Crippen LogP contribution in [0.3, 0.4) is 0 Å². The minimum atomic E-state index is -0.911. The van der Waals surface area contributed by atoms with E-state index in [2.05, 4.69) is 17.9 Å². The van der Waals surface area contributed by atoms with Crippen LogP contribution in [0.1, 0.15) is 28.7 Å². The SMILES string of the molecule is CN(CCc1ccccc1)C(=O)Cc1cc(C=C=CCC(=O)O)cc2c(OCc3ccccc3)cccc12. The van der Waals surface area contributed by atoms with Gasteiger partial charge in [-0.3, -0.25) is 9.59 Å². The van der Waals surface area contributed by atoms with Crippen molar-refractivity contribution in [2.24, 2.45) is 0 Å². The maximum atomic E-state index is 13.2. The van der Waals surface area contributed by atoms with Crippen LogP contribution in [0.15, 0.2) is 103 Å². The molecule has 0 spiro atoms. The van der Waals surface area contributed by atoms with E-state index >= 15 is 0 Å². The number of nitrogens with zero attached hydrogens (tertiary/aromatic N) is 1. The minimum Gasteiger partial charge on any atom is -0.488 e. The number of ether oxygens (including phenoxy) is 1. The van der Waals surface area contributed by atoms with Crippen LogP contribution in [-0.4, -0.2) is 35.5 Å². The van der Waals surface area contributed by atoms with E-state index in [1.165, 1.54) is 11.6 Å². The standard InChI is InChI=1S/C33H31NO4/c1-34(20-19-25-11-4-2-5-12-25)32(35)23-28-21-27(15-8-9-18-33(36)37)22-30-29(28)16-10-17-31(30)38-24-26-13-6-3-7-14-26/h2-7,9-17,21-22H,18-20,23-24H2,1H3,(H,36,37). The average Bonchev–Trinajstić information content (AvgIpc) is 2.94. The number of benzene rings is 4. The van der Waals surface area contributed by atoms with Gasteiger partial charge < -0.3 is 14.7 Å². The third-order valence-corrected chi connectivity index (χ3v) is 6.29. The molecule has 1 N–H and O–H groups in total. The lowest BCUT2D eigenvalue weighted by Crippen LogP contribution is -2.30. The Morgan fingerprint density at radius 2 is 1.61 bits per heavy atom. The van der Waals surface area contributed by atoms with Gasteiger partial charge in [-0.15, -0.1) is 5.73 Å². The molecule has 38 heavy (non-hydrogen) atoms. The van der Waals surface area contributed by atoms with Crippen molar-refractivity contribution in [2.45, 2.75) is 25.9 Å². The van der Waals surface area contributed by atoms with Crippen LogP contribution in [0.4, 0.5) is 0 Å². The van der Waals surface area contributed by atoms with Gasteiger partial charge in [0.05, 0.1) is 12.8 Å². The molecule has 0 fully saturated rings. The van der Waals surface area contributed by atoms with Crippen molar-refractivity contribution in [1.82, 2.24) is 4.90 Å². The number of carbonyl (C=O) groups is 2. The monoisotopic (exact) mass is 505 g/mol. The Hall–Kier alpha value is -4.60. The first-order valence-corrected chi connectivity index (χ1v) is 12.6. The molecule has 0 heterocycles. The Morgan fingerprint density at radius 3 is 2.32 bits per heavy atom. The number of carboxylic acids is 1. The Bertz CT molecular complexity index is 1450. The Balaban J connectivity index is 1.61. The van der Waals surface area contributed by atoms with Gasteiger partial charge in [-0.1, -0.05) is 72.8 Å². The van der Waals surface area contributed by atoms with Crippen LogP contribution in [0.5, 0.6) is 5.75 Å². The number of hydrogen-bond acceptors (Lipinski definition) is 3. The van der Waals surface area contributed by atoms with Gasteiger partial charge in [-0.05, 0) is 64.4 Å². The van der Waals surface area contributed by atoms with Crippen LogP contribution in [-0.2, 0) is 29.0 Å². The molecule has 4 rings (SSSR count). The fourth-order valence-corrected chi connectivity index (χ4v) is 4.22. The summed E-state index contributed by atoms with van der Waals surface area (Å²) in [6.45, 7) is 1.05. The number of aliphatic carboxylic acids is 1. The van der Waals surface area contributed by atoms with Crippen molar-refractivity contribution in [3.63, 3.8) is 0 Å². The molecule has 0 saturated carbocycles. The van der Waals surface area contributed by atoms with Gasteiger partial charge in [-0.25, -0.2) is 0 Å². The Morgan fingerprint density at radius 1 is 0.895 bits per heavy atom. The zero-order valence-electron chi connectivity index (χ0n) is 21.5. The number of fused-ring (bicyclic) bond motifs is 1. The van der Waals surface area contributed by atoms with Gasteiger partial charge >= 0.3 is 5.97 Å². The number of carbonyl (C=O) groups excluding carboxylic acids is 1. The molecule has 0 radical (unpaired) electrons. The first kappa shape index (κ1) is 26.5. The fourth-order valence-electron chi connectivity index (χ4n) is 4.22. The number of rotatable bonds is 11. The van der Waals surface area contributed by atoms with Gasteiger partial charge in [-0.2, -0.15) is 0 Å². The molecule has 0 unspecified atom stereocenters. The summed E-state index contributed by atoms with van der Waals surface area (Å²) in [6, 6.07) is 29.9. The Kier molecular flexibility index (Phi) is 9.12. The molecule has 0 aromatic heterocycles. The van der Waals surface area contributed by atoms with E-state index in [1.54, 1.807) is 11.0 Å². The number of amides is 1. The maximum Gasteiger partial charge on any atom is 0.307 e. The molecule has 5 heteroatoms. The topological polar surface area (TPSA) is 66.8 Å². The van der Waals surface area contributed by atoms with Crippen molar-refractivity contribution in [3.8, 4) is 5.75 Å². The highest BCUT2D eigenvalue weighted by Gasteiger charge is 2.15. The second kappa shape index (κ2) is 13.1. The first-order chi connectivity index (χ1) is 18.5. The van der Waals surface area contributed by atoms with Crippen molar-refractivity contribution in [2.75, 3.05) is 13.6 Å². The predicted molar refractivity (Wildman–Crippen MR) is 151 cm³/mol. The lowest BCUT2D eigenvalue weighted by molar-refractivity contribution is -0.136. The summed E-state index contributed by atoms with van der Waals surface area (Å²) in [6.07, 6.45) is 4.14. The smallest absolute Gasteiger partial charge is 0.307 e. The zero-order chi connectivity index (χ0) is 26.7. The van der Waals surface area contributed by atoms with Gasteiger partial charge in [0.2, 0.25) is 5.91 Å². The minimum absolute atomic E-state index is 0.0281. The van der Waals surface area contributed by atoms with Crippen LogP contribution < -0.4 is 4.74 Å². The maximum absolute atomic E-state index is 13.2. The Labute approximate surface area is 223 Å². The van der Waals surface area contributed by atoms with E-state index in [9.17, 15) is 9.59 Å². The highest BCUT2D eigenvalue weighted by atomic mass is 16.5. The molecule has 0 bridgehead atoms. The van der Waals surface area contributed by atoms with Crippen LogP contribution in [0.2, 0.25) is 0 Å². The first-order valence-electron chi connectivity index (χ1n) is 12.6. The second-order valence-electron chi connectivity index (χ2n) is 9.15. The van der Waals surface area contributed by atoms with Crippen molar-refractivity contribution in [3.05, 3.63) is 125 Å². The molecular formula is C33H31NO4.